The van der Waals surface area contributed by atoms with Crippen LogP contribution in [0.3, 0.4) is 0 Å². The van der Waals surface area contributed by atoms with Crippen LogP contribution in [0.5, 0.6) is 0 Å². The van der Waals surface area contributed by atoms with Crippen molar-refractivity contribution in [3.05, 3.63) is 34.9 Å². The number of hydrogen-bond acceptors (Lipinski definition) is 1. The third-order valence-electron chi connectivity index (χ3n) is 3.64. The number of urea groups is 1. The molecule has 0 unspecified atom stereocenters. The molecule has 0 atom stereocenters. The monoisotopic (exact) mass is 280 g/mol. The molecule has 104 valence electrons. The van der Waals surface area contributed by atoms with Gasteiger partial charge in [-0.25, -0.2) is 4.79 Å². The molecule has 0 radical (unpaired) electrons. The summed E-state index contributed by atoms with van der Waals surface area (Å²) in [6, 6.07) is 7.97. The molecule has 0 bridgehead atoms. The van der Waals surface area contributed by atoms with Gasteiger partial charge in [-0.3, -0.25) is 0 Å². The van der Waals surface area contributed by atoms with Gasteiger partial charge in [0.25, 0.3) is 0 Å². The largest absolute Gasteiger partial charge is 0.335 e. The highest BCUT2D eigenvalue weighted by atomic mass is 35.5. The van der Waals surface area contributed by atoms with Gasteiger partial charge in [-0.2, -0.15) is 0 Å². The maximum absolute atomic E-state index is 12.1. The molecule has 1 N–H and O–H groups in total. The number of amides is 2. The summed E-state index contributed by atoms with van der Waals surface area (Å²) in [6.07, 6.45) is 5.94. The second-order valence-corrected chi connectivity index (χ2v) is 5.64. The lowest BCUT2D eigenvalue weighted by Gasteiger charge is -2.26. The Labute approximate surface area is 119 Å². The van der Waals surface area contributed by atoms with E-state index in [0.717, 1.165) is 18.4 Å². The van der Waals surface area contributed by atoms with Crippen LogP contribution in [-0.2, 0) is 6.54 Å². The SMILES string of the molecule is CN(Cc1ccccc1Cl)C(=O)NC1CCCCC1. The van der Waals surface area contributed by atoms with Gasteiger partial charge in [0, 0.05) is 24.7 Å². The highest BCUT2D eigenvalue weighted by Crippen LogP contribution is 2.19. The second-order valence-electron chi connectivity index (χ2n) is 5.23. The zero-order valence-electron chi connectivity index (χ0n) is 11.4. The van der Waals surface area contributed by atoms with Crippen LogP contribution < -0.4 is 5.32 Å². The van der Waals surface area contributed by atoms with Crippen molar-refractivity contribution in [1.29, 1.82) is 0 Å². The van der Waals surface area contributed by atoms with E-state index in [1.54, 1.807) is 4.90 Å². The smallest absolute Gasteiger partial charge is 0.317 e. The van der Waals surface area contributed by atoms with Gasteiger partial charge in [-0.1, -0.05) is 49.1 Å². The Balaban J connectivity index is 1.87. The molecule has 0 spiro atoms. The maximum Gasteiger partial charge on any atom is 0.317 e. The molecule has 1 aromatic carbocycles. The molecule has 0 saturated heterocycles. The Morgan fingerprint density at radius 1 is 1.32 bits per heavy atom. The van der Waals surface area contributed by atoms with E-state index in [1.165, 1.54) is 19.3 Å². The molecule has 0 aromatic heterocycles. The van der Waals surface area contributed by atoms with Crippen LogP contribution in [0.25, 0.3) is 0 Å². The van der Waals surface area contributed by atoms with Crippen molar-refractivity contribution in [3.8, 4) is 0 Å². The Kier molecular flexibility index (Phi) is 5.08. The third kappa shape index (κ3) is 4.13. The van der Waals surface area contributed by atoms with Crippen LogP contribution in [0.15, 0.2) is 24.3 Å². The standard InChI is InChI=1S/C15H21ClN2O/c1-18(11-12-7-5-6-10-14(12)16)15(19)17-13-8-3-2-4-9-13/h5-7,10,13H,2-4,8-9,11H2,1H3,(H,17,19). The van der Waals surface area contributed by atoms with Gasteiger partial charge in [0.05, 0.1) is 0 Å². The molecule has 19 heavy (non-hydrogen) atoms. The fourth-order valence-electron chi connectivity index (χ4n) is 2.49. The first-order valence-corrected chi connectivity index (χ1v) is 7.29. The van der Waals surface area contributed by atoms with E-state index in [-0.39, 0.29) is 6.03 Å². The van der Waals surface area contributed by atoms with E-state index in [0.29, 0.717) is 17.6 Å². The van der Waals surface area contributed by atoms with Crippen molar-refractivity contribution < 1.29 is 4.79 Å². The van der Waals surface area contributed by atoms with Gasteiger partial charge >= 0.3 is 6.03 Å². The lowest BCUT2D eigenvalue weighted by atomic mass is 9.96. The molecule has 0 aliphatic heterocycles. The minimum atomic E-state index is -0.00757. The zero-order valence-corrected chi connectivity index (χ0v) is 12.1. The summed E-state index contributed by atoms with van der Waals surface area (Å²) in [4.78, 5) is 13.8. The summed E-state index contributed by atoms with van der Waals surface area (Å²) in [5.41, 5.74) is 0.977. The fourth-order valence-corrected chi connectivity index (χ4v) is 2.68. The number of hydrogen-bond donors (Lipinski definition) is 1. The van der Waals surface area contributed by atoms with Gasteiger partial charge < -0.3 is 10.2 Å². The summed E-state index contributed by atoms with van der Waals surface area (Å²) in [5.74, 6) is 0. The van der Waals surface area contributed by atoms with Gasteiger partial charge in [0.1, 0.15) is 0 Å². The van der Waals surface area contributed by atoms with Crippen molar-refractivity contribution in [3.63, 3.8) is 0 Å². The number of carbonyl (C=O) groups excluding carboxylic acids is 1. The highest BCUT2D eigenvalue weighted by molar-refractivity contribution is 6.31. The van der Waals surface area contributed by atoms with Crippen LogP contribution in [0.2, 0.25) is 5.02 Å². The third-order valence-corrected chi connectivity index (χ3v) is 4.01. The number of rotatable bonds is 3. The first kappa shape index (κ1) is 14.2. The molecular weight excluding hydrogens is 260 g/mol. The van der Waals surface area contributed by atoms with Crippen LogP contribution in [0, 0.1) is 0 Å². The van der Waals surface area contributed by atoms with Crippen LogP contribution in [-0.4, -0.2) is 24.0 Å². The number of nitrogens with one attached hydrogen (secondary N) is 1. The lowest BCUT2D eigenvalue weighted by Crippen LogP contribution is -2.43. The number of carbonyl (C=O) groups is 1. The second kappa shape index (κ2) is 6.80. The van der Waals surface area contributed by atoms with E-state index in [4.69, 9.17) is 11.6 Å². The summed E-state index contributed by atoms with van der Waals surface area (Å²) in [7, 11) is 1.81. The predicted molar refractivity (Wildman–Crippen MR) is 78.3 cm³/mol. The van der Waals surface area contributed by atoms with Gasteiger partial charge in [-0.05, 0) is 24.5 Å². The molecule has 1 aromatic rings. The van der Waals surface area contributed by atoms with Crippen LogP contribution in [0.4, 0.5) is 4.79 Å². The Bertz CT molecular complexity index is 430. The van der Waals surface area contributed by atoms with Crippen LogP contribution >= 0.6 is 11.6 Å². The summed E-state index contributed by atoms with van der Waals surface area (Å²) < 4.78 is 0. The molecule has 4 heteroatoms. The molecule has 1 aliphatic rings. The molecule has 1 aliphatic carbocycles. The van der Waals surface area contributed by atoms with Crippen molar-refractivity contribution in [2.75, 3.05) is 7.05 Å². The van der Waals surface area contributed by atoms with Crippen molar-refractivity contribution in [1.82, 2.24) is 10.2 Å². The van der Waals surface area contributed by atoms with E-state index >= 15 is 0 Å². The number of benzene rings is 1. The molecular formula is C15H21ClN2O. The molecule has 1 fully saturated rings. The van der Waals surface area contributed by atoms with Crippen molar-refractivity contribution >= 4 is 17.6 Å². The molecule has 1 saturated carbocycles. The molecule has 0 heterocycles. The van der Waals surface area contributed by atoms with Gasteiger partial charge in [0.2, 0.25) is 0 Å². The minimum absolute atomic E-state index is 0.00757. The fraction of sp³-hybridized carbons (Fsp3) is 0.533. The Morgan fingerprint density at radius 2 is 2.00 bits per heavy atom. The van der Waals surface area contributed by atoms with Crippen molar-refractivity contribution in [2.24, 2.45) is 0 Å². The average Bonchev–Trinajstić information content (AvgIpc) is 2.42. The quantitative estimate of drug-likeness (QED) is 0.897. The van der Waals surface area contributed by atoms with E-state index in [1.807, 2.05) is 31.3 Å². The number of nitrogens with zero attached hydrogens (tertiary/aromatic N) is 1. The van der Waals surface area contributed by atoms with Crippen molar-refractivity contribution in [2.45, 2.75) is 44.7 Å². The average molecular weight is 281 g/mol. The van der Waals surface area contributed by atoms with E-state index in [2.05, 4.69) is 5.32 Å². The van der Waals surface area contributed by atoms with E-state index in [9.17, 15) is 4.79 Å². The predicted octanol–water partition coefficient (Wildman–Crippen LogP) is 3.81. The minimum Gasteiger partial charge on any atom is -0.335 e. The molecule has 2 amide bonds. The zero-order chi connectivity index (χ0) is 13.7. The Hall–Kier alpha value is -1.22. The topological polar surface area (TPSA) is 32.3 Å². The molecule has 3 nitrogen and oxygen atoms in total. The first-order chi connectivity index (χ1) is 9.16. The Morgan fingerprint density at radius 3 is 2.68 bits per heavy atom. The summed E-state index contributed by atoms with van der Waals surface area (Å²) >= 11 is 6.11. The normalized spacial score (nSPS) is 16.1. The lowest BCUT2D eigenvalue weighted by molar-refractivity contribution is 0.198. The van der Waals surface area contributed by atoms with Gasteiger partial charge in [-0.15, -0.1) is 0 Å². The summed E-state index contributed by atoms with van der Waals surface area (Å²) in [6.45, 7) is 0.540. The van der Waals surface area contributed by atoms with E-state index < -0.39 is 0 Å². The van der Waals surface area contributed by atoms with Gasteiger partial charge in [0.15, 0.2) is 0 Å². The first-order valence-electron chi connectivity index (χ1n) is 6.92. The van der Waals surface area contributed by atoms with Crippen LogP contribution in [0.1, 0.15) is 37.7 Å². The number of halogens is 1. The molecule has 2 rings (SSSR count). The summed E-state index contributed by atoms with van der Waals surface area (Å²) in [5, 5.41) is 3.81. The highest BCUT2D eigenvalue weighted by Gasteiger charge is 2.18. The maximum atomic E-state index is 12.1.